The number of carbonyl (C=O) groups excluding carboxylic acids is 1. The van der Waals surface area contributed by atoms with Crippen molar-refractivity contribution < 1.29 is 14.3 Å². The molecule has 2 rings (SSSR count). The third kappa shape index (κ3) is 2.69. The zero-order valence-electron chi connectivity index (χ0n) is 9.06. The Morgan fingerprint density at radius 3 is 2.47 bits per heavy atom. The molecule has 2 aromatic rings. The van der Waals surface area contributed by atoms with Crippen molar-refractivity contribution in [1.82, 2.24) is 0 Å². The first-order valence-corrected chi connectivity index (χ1v) is 5.22. The number of hydrogen-bond donors (Lipinski definition) is 1. The average Bonchev–Trinajstić information content (AvgIpc) is 2.34. The number of hydrogen-bond acceptors (Lipinski definition) is 2. The van der Waals surface area contributed by atoms with Crippen LogP contribution >= 0.6 is 0 Å². The molecule has 0 aromatic heterocycles. The maximum Gasteiger partial charge on any atom is 0.167 e. The van der Waals surface area contributed by atoms with E-state index in [0.717, 1.165) is 11.6 Å². The number of phenols is 1. The van der Waals surface area contributed by atoms with Gasteiger partial charge in [0.25, 0.3) is 0 Å². The molecule has 0 atom stereocenters. The van der Waals surface area contributed by atoms with Crippen LogP contribution in [0.5, 0.6) is 5.75 Å². The van der Waals surface area contributed by atoms with Gasteiger partial charge in [-0.15, -0.1) is 0 Å². The molecule has 1 N–H and O–H groups in total. The second-order valence-corrected chi connectivity index (χ2v) is 3.75. The second-order valence-electron chi connectivity index (χ2n) is 3.75. The SMILES string of the molecule is O=C(Cc1ccccc1)c1ccc(O)c(F)c1. The number of aromatic hydroxyl groups is 1. The number of halogens is 1. The summed E-state index contributed by atoms with van der Waals surface area (Å²) in [5, 5.41) is 9.03. The molecule has 0 bridgehead atoms. The molecule has 0 amide bonds. The summed E-state index contributed by atoms with van der Waals surface area (Å²) in [5.74, 6) is -1.39. The van der Waals surface area contributed by atoms with Crippen molar-refractivity contribution in [3.8, 4) is 5.75 Å². The molecule has 86 valence electrons. The number of rotatable bonds is 3. The smallest absolute Gasteiger partial charge is 0.167 e. The highest BCUT2D eigenvalue weighted by Crippen LogP contribution is 2.17. The minimum Gasteiger partial charge on any atom is -0.505 e. The predicted molar refractivity (Wildman–Crippen MR) is 62.5 cm³/mol. The summed E-state index contributed by atoms with van der Waals surface area (Å²) in [4.78, 5) is 11.8. The highest BCUT2D eigenvalue weighted by molar-refractivity contribution is 5.97. The lowest BCUT2D eigenvalue weighted by Crippen LogP contribution is -2.03. The highest BCUT2D eigenvalue weighted by Gasteiger charge is 2.09. The topological polar surface area (TPSA) is 37.3 Å². The number of Topliss-reactive ketones (excluding diaryl/α,β-unsaturated/α-hetero) is 1. The van der Waals surface area contributed by atoms with Crippen molar-refractivity contribution in [2.75, 3.05) is 0 Å². The van der Waals surface area contributed by atoms with Gasteiger partial charge < -0.3 is 5.11 Å². The number of ketones is 1. The molecule has 0 heterocycles. The van der Waals surface area contributed by atoms with Gasteiger partial charge in [0.1, 0.15) is 0 Å². The van der Waals surface area contributed by atoms with Gasteiger partial charge >= 0.3 is 0 Å². The maximum atomic E-state index is 13.1. The molecule has 0 saturated heterocycles. The molecule has 17 heavy (non-hydrogen) atoms. The summed E-state index contributed by atoms with van der Waals surface area (Å²) in [6.45, 7) is 0. The zero-order valence-corrected chi connectivity index (χ0v) is 9.06. The molecule has 2 nitrogen and oxygen atoms in total. The van der Waals surface area contributed by atoms with Gasteiger partial charge in [-0.1, -0.05) is 30.3 Å². The van der Waals surface area contributed by atoms with E-state index in [1.165, 1.54) is 12.1 Å². The third-order valence-electron chi connectivity index (χ3n) is 2.48. The monoisotopic (exact) mass is 230 g/mol. The van der Waals surface area contributed by atoms with Gasteiger partial charge in [0.15, 0.2) is 17.3 Å². The van der Waals surface area contributed by atoms with E-state index in [2.05, 4.69) is 0 Å². The van der Waals surface area contributed by atoms with Crippen molar-refractivity contribution in [3.63, 3.8) is 0 Å². The largest absolute Gasteiger partial charge is 0.505 e. The molecule has 0 fully saturated rings. The zero-order chi connectivity index (χ0) is 12.3. The predicted octanol–water partition coefficient (Wildman–Crippen LogP) is 2.96. The second kappa shape index (κ2) is 4.78. The van der Waals surface area contributed by atoms with Crippen molar-refractivity contribution in [2.45, 2.75) is 6.42 Å². The Balaban J connectivity index is 2.18. The van der Waals surface area contributed by atoms with E-state index >= 15 is 0 Å². The third-order valence-corrected chi connectivity index (χ3v) is 2.48. The van der Waals surface area contributed by atoms with Gasteiger partial charge in [0, 0.05) is 12.0 Å². The molecule has 0 aliphatic carbocycles. The van der Waals surface area contributed by atoms with Crippen LogP contribution in [0.25, 0.3) is 0 Å². The van der Waals surface area contributed by atoms with Crippen LogP contribution in [0.15, 0.2) is 48.5 Å². The molecule has 2 aromatic carbocycles. The summed E-state index contributed by atoms with van der Waals surface area (Å²) in [5.41, 5.74) is 1.15. The van der Waals surface area contributed by atoms with E-state index < -0.39 is 11.6 Å². The summed E-state index contributed by atoms with van der Waals surface area (Å²) in [7, 11) is 0. The van der Waals surface area contributed by atoms with Crippen LogP contribution in [0.3, 0.4) is 0 Å². The fourth-order valence-corrected chi connectivity index (χ4v) is 1.56. The van der Waals surface area contributed by atoms with E-state index in [1.807, 2.05) is 30.3 Å². The fourth-order valence-electron chi connectivity index (χ4n) is 1.56. The van der Waals surface area contributed by atoms with Crippen LogP contribution < -0.4 is 0 Å². The van der Waals surface area contributed by atoms with E-state index in [9.17, 15) is 9.18 Å². The average molecular weight is 230 g/mol. The molecule has 0 saturated carbocycles. The van der Waals surface area contributed by atoms with Gasteiger partial charge in [-0.25, -0.2) is 4.39 Å². The molecule has 0 spiro atoms. The first kappa shape index (κ1) is 11.3. The van der Waals surface area contributed by atoms with Crippen LogP contribution in [0, 0.1) is 5.82 Å². The Bertz CT molecular complexity index is 535. The molecular weight excluding hydrogens is 219 g/mol. The number of benzene rings is 2. The Morgan fingerprint density at radius 1 is 1.12 bits per heavy atom. The molecule has 0 aliphatic heterocycles. The fraction of sp³-hybridized carbons (Fsp3) is 0.0714. The van der Waals surface area contributed by atoms with Crippen molar-refractivity contribution in [1.29, 1.82) is 0 Å². The van der Waals surface area contributed by atoms with Crippen molar-refractivity contribution in [2.24, 2.45) is 0 Å². The molecule has 0 radical (unpaired) electrons. The normalized spacial score (nSPS) is 10.2. The van der Waals surface area contributed by atoms with Crippen LogP contribution in [0.1, 0.15) is 15.9 Å². The first-order chi connectivity index (χ1) is 8.16. The summed E-state index contributed by atoms with van der Waals surface area (Å²) >= 11 is 0. The van der Waals surface area contributed by atoms with Crippen LogP contribution in [0.4, 0.5) is 4.39 Å². The Labute approximate surface area is 98.3 Å². The lowest BCUT2D eigenvalue weighted by atomic mass is 10.0. The molecular formula is C14H11FO2. The van der Waals surface area contributed by atoms with E-state index in [-0.39, 0.29) is 17.8 Å². The molecule has 0 unspecified atom stereocenters. The van der Waals surface area contributed by atoms with Crippen LogP contribution in [-0.2, 0) is 6.42 Å². The van der Waals surface area contributed by atoms with Crippen LogP contribution in [-0.4, -0.2) is 10.9 Å². The number of phenolic OH excluding ortho intramolecular Hbond substituents is 1. The van der Waals surface area contributed by atoms with Gasteiger partial charge in [-0.3, -0.25) is 4.79 Å². The van der Waals surface area contributed by atoms with Gasteiger partial charge in [0.05, 0.1) is 0 Å². The number of carbonyl (C=O) groups is 1. The Morgan fingerprint density at radius 2 is 1.82 bits per heavy atom. The van der Waals surface area contributed by atoms with E-state index in [1.54, 1.807) is 0 Å². The lowest BCUT2D eigenvalue weighted by Gasteiger charge is -2.02. The highest BCUT2D eigenvalue weighted by atomic mass is 19.1. The van der Waals surface area contributed by atoms with Crippen molar-refractivity contribution >= 4 is 5.78 Å². The van der Waals surface area contributed by atoms with Crippen molar-refractivity contribution in [3.05, 3.63) is 65.5 Å². The first-order valence-electron chi connectivity index (χ1n) is 5.22. The Kier molecular flexibility index (Phi) is 3.19. The van der Waals surface area contributed by atoms with E-state index in [4.69, 9.17) is 5.11 Å². The van der Waals surface area contributed by atoms with Gasteiger partial charge in [-0.05, 0) is 23.8 Å². The Hall–Kier alpha value is -2.16. The van der Waals surface area contributed by atoms with Gasteiger partial charge in [0.2, 0.25) is 0 Å². The quantitative estimate of drug-likeness (QED) is 0.823. The van der Waals surface area contributed by atoms with Gasteiger partial charge in [-0.2, -0.15) is 0 Å². The summed E-state index contributed by atoms with van der Waals surface area (Å²) in [6.07, 6.45) is 0.227. The minimum atomic E-state index is -0.774. The van der Waals surface area contributed by atoms with E-state index in [0.29, 0.717) is 0 Å². The standard InChI is InChI=1S/C14H11FO2/c15-12-9-11(6-7-13(12)16)14(17)8-10-4-2-1-3-5-10/h1-7,9,16H,8H2. The summed E-state index contributed by atoms with van der Waals surface area (Å²) < 4.78 is 13.1. The lowest BCUT2D eigenvalue weighted by molar-refractivity contribution is 0.0992. The minimum absolute atomic E-state index is 0.171. The molecule has 0 aliphatic rings. The maximum absolute atomic E-state index is 13.1. The van der Waals surface area contributed by atoms with Crippen LogP contribution in [0.2, 0.25) is 0 Å². The summed E-state index contributed by atoms with van der Waals surface area (Å²) in [6, 6.07) is 12.9. The molecule has 3 heteroatoms.